The molecule has 8 N–H and O–H groups in total. The Labute approximate surface area is 172 Å². The molecule has 1 aromatic heterocycles. The molecule has 2 rings (SSSR count). The first-order valence-electron chi connectivity index (χ1n) is 7.78. The van der Waals surface area contributed by atoms with E-state index in [4.69, 9.17) is 29.9 Å². The number of nitrogens with two attached hydrogens (primary N) is 1. The second kappa shape index (κ2) is 9.33. The molecule has 0 spiro atoms. The van der Waals surface area contributed by atoms with Gasteiger partial charge in [0.2, 0.25) is 0 Å². The van der Waals surface area contributed by atoms with Gasteiger partial charge in [-0.25, -0.2) is 18.5 Å². The van der Waals surface area contributed by atoms with Crippen molar-refractivity contribution in [2.24, 2.45) is 0 Å². The summed E-state index contributed by atoms with van der Waals surface area (Å²) in [6, 6.07) is 0. The fourth-order valence-electron chi connectivity index (χ4n) is 2.37. The number of phosphoric acid groups is 3. The molecule has 2 unspecified atom stereocenters. The van der Waals surface area contributed by atoms with Gasteiger partial charge in [0, 0.05) is 0 Å². The lowest BCUT2D eigenvalue weighted by molar-refractivity contribution is -0.0543. The van der Waals surface area contributed by atoms with Gasteiger partial charge < -0.3 is 45.0 Å². The highest BCUT2D eigenvalue weighted by Crippen LogP contribution is 2.66. The molecule has 31 heavy (non-hydrogen) atoms. The zero-order valence-corrected chi connectivity index (χ0v) is 17.9. The van der Waals surface area contributed by atoms with E-state index in [2.05, 4.69) is 18.1 Å². The molecule has 0 saturated carbocycles. The molecule has 2 heterocycles. The second-order valence-electron chi connectivity index (χ2n) is 5.82. The third-order valence-electron chi connectivity index (χ3n) is 3.59. The quantitative estimate of drug-likeness (QED) is 0.172. The maximum Gasteiger partial charge on any atom is 0.490 e. The maximum absolute atomic E-state index is 12.0. The predicted molar refractivity (Wildman–Crippen MR) is 95.2 cm³/mol. The van der Waals surface area contributed by atoms with Crippen LogP contribution in [-0.2, 0) is 31.6 Å². The summed E-state index contributed by atoms with van der Waals surface area (Å²) in [4.78, 5) is 50.9. The van der Waals surface area contributed by atoms with E-state index in [-0.39, 0.29) is 11.6 Å². The first-order chi connectivity index (χ1) is 14.1. The van der Waals surface area contributed by atoms with Gasteiger partial charge in [-0.3, -0.25) is 9.09 Å². The lowest BCUT2D eigenvalue weighted by Gasteiger charge is -2.19. The van der Waals surface area contributed by atoms with Gasteiger partial charge in [-0.1, -0.05) is 0 Å². The molecule has 1 aliphatic rings. The monoisotopic (exact) mass is 513 g/mol. The number of phosphoric ester groups is 1. The van der Waals surface area contributed by atoms with Gasteiger partial charge in [-0.05, 0) is 0 Å². The van der Waals surface area contributed by atoms with Crippen molar-refractivity contribution >= 4 is 29.3 Å². The van der Waals surface area contributed by atoms with Crippen LogP contribution in [0.5, 0.6) is 5.75 Å². The first-order valence-corrected chi connectivity index (χ1v) is 12.3. The number of hydrogen-bond acceptors (Lipinski definition) is 13. The molecule has 1 fully saturated rings. The first kappa shape index (κ1) is 26.0. The third-order valence-corrected chi connectivity index (χ3v) is 7.40. The Bertz CT molecular complexity index is 1010. The topological polar surface area (TPSA) is 280 Å². The molecule has 0 amide bonds. The number of anilines is 1. The zero-order chi connectivity index (χ0) is 23.8. The molecular formula is C10H18N3O15P3. The summed E-state index contributed by atoms with van der Waals surface area (Å²) in [5, 5.41) is 20.2. The van der Waals surface area contributed by atoms with Crippen molar-refractivity contribution in [2.45, 2.75) is 24.5 Å². The minimum Gasteiger partial charge on any atom is -0.491 e. The van der Waals surface area contributed by atoms with E-state index in [0.717, 1.165) is 6.20 Å². The molecule has 178 valence electrons. The van der Waals surface area contributed by atoms with Crippen molar-refractivity contribution in [3.8, 4) is 5.75 Å². The Morgan fingerprint density at radius 2 is 1.74 bits per heavy atom. The summed E-state index contributed by atoms with van der Waals surface area (Å²) in [5.74, 6) is -0.331. The zero-order valence-electron chi connectivity index (χ0n) is 15.3. The number of nitrogen functional groups attached to an aromatic ring is 1. The van der Waals surface area contributed by atoms with Crippen LogP contribution in [0, 0.1) is 0 Å². The van der Waals surface area contributed by atoms with Crippen LogP contribution in [0.1, 0.15) is 6.23 Å². The standard InChI is InChI=1S/C10H18N3O15P3/c1-24-4-2-13(10(16)12-8(4)11)9-7(15)6(14)5(26-9)3-25-30(20,21)28-31(22,23)27-29(17,18)19/h2,5-7,9,14-15H,3H2,1H3,(H,20,21)(H,22,23)(H2,11,12,16)(H2,17,18,19)/t5-,6-,7-,9-/m1/s1. The van der Waals surface area contributed by atoms with E-state index >= 15 is 0 Å². The van der Waals surface area contributed by atoms with Gasteiger partial charge in [0.25, 0.3) is 0 Å². The van der Waals surface area contributed by atoms with Crippen LogP contribution in [0.15, 0.2) is 11.0 Å². The number of nitrogens with zero attached hydrogens (tertiary/aromatic N) is 2. The summed E-state index contributed by atoms with van der Waals surface area (Å²) >= 11 is 0. The second-order valence-corrected chi connectivity index (χ2v) is 10.2. The fraction of sp³-hybridized carbons (Fsp3) is 0.600. The smallest absolute Gasteiger partial charge is 0.490 e. The number of ether oxygens (including phenoxy) is 2. The largest absolute Gasteiger partial charge is 0.491 e. The molecule has 0 radical (unpaired) electrons. The van der Waals surface area contributed by atoms with E-state index in [0.29, 0.717) is 4.57 Å². The van der Waals surface area contributed by atoms with Crippen molar-refractivity contribution in [1.29, 1.82) is 0 Å². The molecule has 0 aliphatic carbocycles. The number of rotatable bonds is 9. The lowest BCUT2D eigenvalue weighted by atomic mass is 10.1. The molecule has 1 saturated heterocycles. The Morgan fingerprint density at radius 1 is 1.13 bits per heavy atom. The van der Waals surface area contributed by atoms with Gasteiger partial charge in [0.1, 0.15) is 18.3 Å². The van der Waals surface area contributed by atoms with Crippen molar-refractivity contribution in [2.75, 3.05) is 19.5 Å². The van der Waals surface area contributed by atoms with Gasteiger partial charge in [0.05, 0.1) is 19.9 Å². The molecule has 21 heteroatoms. The summed E-state index contributed by atoms with van der Waals surface area (Å²) in [6.07, 6.45) is -5.70. The highest BCUT2D eigenvalue weighted by Gasteiger charge is 2.47. The number of hydrogen-bond donors (Lipinski definition) is 7. The van der Waals surface area contributed by atoms with Crippen LogP contribution in [0.3, 0.4) is 0 Å². The highest BCUT2D eigenvalue weighted by atomic mass is 31.3. The van der Waals surface area contributed by atoms with Crippen LogP contribution >= 0.6 is 23.5 Å². The Balaban J connectivity index is 2.11. The summed E-state index contributed by atoms with van der Waals surface area (Å²) in [7, 11) is -15.6. The number of methoxy groups -OCH3 is 1. The van der Waals surface area contributed by atoms with Crippen molar-refractivity contribution in [3.63, 3.8) is 0 Å². The summed E-state index contributed by atoms with van der Waals surface area (Å²) < 4.78 is 55.8. The van der Waals surface area contributed by atoms with Crippen LogP contribution in [0.2, 0.25) is 0 Å². The van der Waals surface area contributed by atoms with Gasteiger partial charge in [0.15, 0.2) is 17.8 Å². The molecule has 0 bridgehead atoms. The van der Waals surface area contributed by atoms with Crippen molar-refractivity contribution < 1.29 is 66.1 Å². The molecule has 0 aromatic carbocycles. The van der Waals surface area contributed by atoms with Crippen LogP contribution in [0.4, 0.5) is 5.82 Å². The molecule has 18 nitrogen and oxygen atoms in total. The summed E-state index contributed by atoms with van der Waals surface area (Å²) in [5.41, 5.74) is 4.48. The van der Waals surface area contributed by atoms with E-state index < -0.39 is 60.3 Å². The summed E-state index contributed by atoms with van der Waals surface area (Å²) in [6.45, 7) is -1.05. The molecule has 6 atom stereocenters. The van der Waals surface area contributed by atoms with E-state index in [1.807, 2.05) is 0 Å². The van der Waals surface area contributed by atoms with Crippen LogP contribution in [-0.4, -0.2) is 71.4 Å². The minimum atomic E-state index is -5.74. The van der Waals surface area contributed by atoms with E-state index in [9.17, 15) is 33.6 Å². The Kier molecular flexibility index (Phi) is 7.83. The fourth-order valence-corrected chi connectivity index (χ4v) is 5.40. The van der Waals surface area contributed by atoms with Crippen molar-refractivity contribution in [1.82, 2.24) is 9.55 Å². The van der Waals surface area contributed by atoms with Crippen LogP contribution < -0.4 is 16.2 Å². The Hall–Kier alpha value is -1.23. The van der Waals surface area contributed by atoms with E-state index in [1.54, 1.807) is 0 Å². The maximum atomic E-state index is 12.0. The minimum absolute atomic E-state index is 0.0680. The third kappa shape index (κ3) is 6.87. The number of aromatic nitrogens is 2. The van der Waals surface area contributed by atoms with Gasteiger partial charge in [-0.15, -0.1) is 0 Å². The van der Waals surface area contributed by atoms with Gasteiger partial charge >= 0.3 is 29.2 Å². The number of aliphatic hydroxyl groups is 2. The molecule has 1 aromatic rings. The number of aliphatic hydroxyl groups excluding tert-OH is 2. The van der Waals surface area contributed by atoms with Gasteiger partial charge in [-0.2, -0.15) is 13.6 Å². The highest BCUT2D eigenvalue weighted by molar-refractivity contribution is 7.66. The van der Waals surface area contributed by atoms with E-state index in [1.165, 1.54) is 7.11 Å². The normalized spacial score (nSPS) is 28.1. The Morgan fingerprint density at radius 3 is 2.29 bits per heavy atom. The average Bonchev–Trinajstić information content (AvgIpc) is 2.85. The lowest BCUT2D eigenvalue weighted by Crippen LogP contribution is -2.36. The van der Waals surface area contributed by atoms with Crippen LogP contribution in [0.25, 0.3) is 0 Å². The SMILES string of the molecule is COc1cn([C@@H]2O[C@H](COP(=O)(O)OP(=O)(O)OP(=O)(O)O)[C@@H](O)[C@H]2O)c(=O)nc1N. The molecular weight excluding hydrogens is 495 g/mol. The predicted octanol–water partition coefficient (Wildman–Crippen LogP) is -2.20. The van der Waals surface area contributed by atoms with Crippen molar-refractivity contribution in [3.05, 3.63) is 16.7 Å². The molecule has 1 aliphatic heterocycles. The average molecular weight is 513 g/mol.